The Morgan fingerprint density at radius 3 is 2.86 bits per heavy atom. The third-order valence-electron chi connectivity index (χ3n) is 3.45. The third kappa shape index (κ3) is 4.05. The fourth-order valence-electron chi connectivity index (χ4n) is 2.32. The van der Waals surface area contributed by atoms with Gasteiger partial charge in [-0.2, -0.15) is 5.10 Å². The van der Waals surface area contributed by atoms with E-state index in [1.165, 1.54) is 6.07 Å². The van der Waals surface area contributed by atoms with Crippen molar-refractivity contribution in [1.82, 2.24) is 15.1 Å². The Balaban J connectivity index is 2.23. The molecule has 1 N–H and O–H groups in total. The minimum absolute atomic E-state index is 0.0114. The molecule has 0 radical (unpaired) electrons. The quantitative estimate of drug-likeness (QED) is 0.838. The number of nitrogens with one attached hydrogen (secondary N) is 1. The van der Waals surface area contributed by atoms with Crippen LogP contribution in [-0.4, -0.2) is 16.3 Å². The Morgan fingerprint density at radius 1 is 1.38 bits per heavy atom. The summed E-state index contributed by atoms with van der Waals surface area (Å²) in [6.07, 6.45) is 5.63. The van der Waals surface area contributed by atoms with E-state index < -0.39 is 0 Å². The van der Waals surface area contributed by atoms with Crippen LogP contribution in [0.15, 0.2) is 30.6 Å². The number of rotatable bonds is 7. The molecule has 3 nitrogen and oxygen atoms in total. The Hall–Kier alpha value is -1.39. The van der Waals surface area contributed by atoms with Crippen molar-refractivity contribution in [2.45, 2.75) is 39.3 Å². The SMILES string of the molecule is CCCNC(Cc1cnn(CC)c1)c1cccc(F)c1Cl. The first kappa shape index (κ1) is 16.0. The summed E-state index contributed by atoms with van der Waals surface area (Å²) in [5.41, 5.74) is 1.92. The van der Waals surface area contributed by atoms with Crippen LogP contribution in [0, 0.1) is 5.82 Å². The molecule has 0 aliphatic rings. The Morgan fingerprint density at radius 2 is 2.19 bits per heavy atom. The van der Waals surface area contributed by atoms with Gasteiger partial charge in [0.25, 0.3) is 0 Å². The second-order valence-electron chi connectivity index (χ2n) is 5.06. The number of hydrogen-bond acceptors (Lipinski definition) is 2. The predicted octanol–water partition coefficient (Wildman–Crippen LogP) is 3.98. The third-order valence-corrected chi connectivity index (χ3v) is 3.85. The molecule has 21 heavy (non-hydrogen) atoms. The van der Waals surface area contributed by atoms with Crippen LogP contribution in [-0.2, 0) is 13.0 Å². The average Bonchev–Trinajstić information content (AvgIpc) is 2.94. The number of hydrogen-bond donors (Lipinski definition) is 1. The predicted molar refractivity (Wildman–Crippen MR) is 84.0 cm³/mol. The summed E-state index contributed by atoms with van der Waals surface area (Å²) in [7, 11) is 0. The van der Waals surface area contributed by atoms with Crippen LogP contribution in [0.3, 0.4) is 0 Å². The minimum atomic E-state index is -0.373. The van der Waals surface area contributed by atoms with E-state index in [2.05, 4.69) is 17.3 Å². The van der Waals surface area contributed by atoms with E-state index >= 15 is 0 Å². The lowest BCUT2D eigenvalue weighted by Crippen LogP contribution is -2.24. The van der Waals surface area contributed by atoms with Gasteiger partial charge < -0.3 is 5.32 Å². The lowest BCUT2D eigenvalue weighted by molar-refractivity contribution is 0.524. The Bertz CT molecular complexity index is 583. The highest BCUT2D eigenvalue weighted by Gasteiger charge is 2.17. The molecule has 114 valence electrons. The van der Waals surface area contributed by atoms with Gasteiger partial charge in [-0.15, -0.1) is 0 Å². The Labute approximate surface area is 130 Å². The fourth-order valence-corrected chi connectivity index (χ4v) is 2.58. The second-order valence-corrected chi connectivity index (χ2v) is 5.44. The molecule has 1 heterocycles. The lowest BCUT2D eigenvalue weighted by Gasteiger charge is -2.20. The Kier molecular flexibility index (Phi) is 5.76. The highest BCUT2D eigenvalue weighted by atomic mass is 35.5. The summed E-state index contributed by atoms with van der Waals surface area (Å²) >= 11 is 6.13. The summed E-state index contributed by atoms with van der Waals surface area (Å²) in [5.74, 6) is -0.373. The minimum Gasteiger partial charge on any atom is -0.310 e. The molecule has 5 heteroatoms. The van der Waals surface area contributed by atoms with Gasteiger partial charge in [-0.3, -0.25) is 4.68 Å². The molecule has 0 fully saturated rings. The topological polar surface area (TPSA) is 29.9 Å². The van der Waals surface area contributed by atoms with E-state index in [-0.39, 0.29) is 16.9 Å². The molecule has 0 bridgehead atoms. The van der Waals surface area contributed by atoms with Crippen molar-refractivity contribution in [2.75, 3.05) is 6.54 Å². The van der Waals surface area contributed by atoms with Gasteiger partial charge in [0, 0.05) is 18.8 Å². The van der Waals surface area contributed by atoms with E-state index in [0.717, 1.165) is 37.1 Å². The summed E-state index contributed by atoms with van der Waals surface area (Å²) < 4.78 is 15.6. The monoisotopic (exact) mass is 309 g/mol. The largest absolute Gasteiger partial charge is 0.310 e. The summed E-state index contributed by atoms with van der Waals surface area (Å²) in [6, 6.07) is 4.95. The van der Waals surface area contributed by atoms with E-state index in [1.807, 2.05) is 30.1 Å². The van der Waals surface area contributed by atoms with Gasteiger partial charge in [0.05, 0.1) is 11.2 Å². The first-order valence-electron chi connectivity index (χ1n) is 7.34. The number of aromatic nitrogens is 2. The molecule has 0 aliphatic heterocycles. The fraction of sp³-hybridized carbons (Fsp3) is 0.438. The molecule has 2 aromatic rings. The molecule has 1 unspecified atom stereocenters. The van der Waals surface area contributed by atoms with Gasteiger partial charge >= 0.3 is 0 Å². The van der Waals surface area contributed by atoms with Crippen molar-refractivity contribution in [1.29, 1.82) is 0 Å². The molecule has 0 amide bonds. The van der Waals surface area contributed by atoms with Gasteiger partial charge in [0.2, 0.25) is 0 Å². The van der Waals surface area contributed by atoms with Crippen LogP contribution in [0.25, 0.3) is 0 Å². The number of aryl methyl sites for hydroxylation is 1. The highest BCUT2D eigenvalue weighted by molar-refractivity contribution is 6.31. The lowest BCUT2D eigenvalue weighted by atomic mass is 10.00. The molecule has 0 saturated heterocycles. The maximum Gasteiger partial charge on any atom is 0.142 e. The van der Waals surface area contributed by atoms with E-state index in [0.29, 0.717) is 0 Å². The van der Waals surface area contributed by atoms with Crippen molar-refractivity contribution in [3.05, 3.63) is 52.6 Å². The van der Waals surface area contributed by atoms with Crippen LogP contribution in [0.5, 0.6) is 0 Å². The maximum absolute atomic E-state index is 13.7. The summed E-state index contributed by atoms with van der Waals surface area (Å²) in [4.78, 5) is 0. The second kappa shape index (κ2) is 7.57. The average molecular weight is 310 g/mol. The first-order valence-corrected chi connectivity index (χ1v) is 7.72. The molecule has 1 aromatic carbocycles. The first-order chi connectivity index (χ1) is 10.2. The molecular formula is C16H21ClFN3. The smallest absolute Gasteiger partial charge is 0.142 e. The van der Waals surface area contributed by atoms with Gasteiger partial charge in [-0.1, -0.05) is 30.7 Å². The molecule has 0 saturated carbocycles. The van der Waals surface area contributed by atoms with Crippen LogP contribution in [0.4, 0.5) is 4.39 Å². The van der Waals surface area contributed by atoms with Crippen molar-refractivity contribution in [3.8, 4) is 0 Å². The van der Waals surface area contributed by atoms with Gasteiger partial charge in [0.15, 0.2) is 0 Å². The van der Waals surface area contributed by atoms with Crippen LogP contribution in [0.2, 0.25) is 5.02 Å². The molecule has 1 atom stereocenters. The van der Waals surface area contributed by atoms with Crippen molar-refractivity contribution in [2.24, 2.45) is 0 Å². The van der Waals surface area contributed by atoms with Gasteiger partial charge in [-0.05, 0) is 43.5 Å². The summed E-state index contributed by atoms with van der Waals surface area (Å²) in [5, 5.41) is 7.93. The zero-order valence-corrected chi connectivity index (χ0v) is 13.2. The normalized spacial score (nSPS) is 12.6. The van der Waals surface area contributed by atoms with Crippen LogP contribution >= 0.6 is 11.6 Å². The summed E-state index contributed by atoms with van der Waals surface area (Å²) in [6.45, 7) is 5.85. The van der Waals surface area contributed by atoms with Gasteiger partial charge in [-0.25, -0.2) is 4.39 Å². The van der Waals surface area contributed by atoms with Crippen molar-refractivity contribution < 1.29 is 4.39 Å². The van der Waals surface area contributed by atoms with Crippen molar-refractivity contribution >= 4 is 11.6 Å². The zero-order chi connectivity index (χ0) is 15.2. The number of benzene rings is 1. The molecule has 1 aromatic heterocycles. The maximum atomic E-state index is 13.7. The standard InChI is InChI=1S/C16H21ClFN3/c1-3-8-19-15(9-12-10-20-21(4-2)11-12)13-6-5-7-14(18)16(13)17/h5-7,10-11,15,19H,3-4,8-9H2,1-2H3. The van der Waals surface area contributed by atoms with E-state index in [9.17, 15) is 4.39 Å². The molecule has 0 spiro atoms. The zero-order valence-electron chi connectivity index (χ0n) is 12.4. The van der Waals surface area contributed by atoms with Crippen molar-refractivity contribution in [3.63, 3.8) is 0 Å². The molecule has 0 aliphatic carbocycles. The van der Waals surface area contributed by atoms with Gasteiger partial charge in [0.1, 0.15) is 5.82 Å². The number of nitrogens with zero attached hydrogens (tertiary/aromatic N) is 2. The van der Waals surface area contributed by atoms with E-state index in [4.69, 9.17) is 11.6 Å². The molecule has 2 rings (SSSR count). The highest BCUT2D eigenvalue weighted by Crippen LogP contribution is 2.28. The molecular weight excluding hydrogens is 289 g/mol. The van der Waals surface area contributed by atoms with Crippen LogP contribution < -0.4 is 5.32 Å². The van der Waals surface area contributed by atoms with E-state index in [1.54, 1.807) is 6.07 Å². The number of halogens is 2. The van der Waals surface area contributed by atoms with Crippen LogP contribution in [0.1, 0.15) is 37.4 Å².